The molecule has 0 amide bonds. The van der Waals surface area contributed by atoms with E-state index in [1.165, 1.54) is 11.8 Å². The molecule has 132 valence electrons. The maximum absolute atomic E-state index is 9.17. The zero-order valence-electron chi connectivity index (χ0n) is 14.0. The fourth-order valence-electron chi connectivity index (χ4n) is 2.40. The van der Waals surface area contributed by atoms with Gasteiger partial charge in [-0.15, -0.1) is 10.2 Å². The quantitative estimate of drug-likeness (QED) is 0.543. The Kier molecular flexibility index (Phi) is 5.72. The van der Waals surface area contributed by atoms with Crippen molar-refractivity contribution in [2.75, 3.05) is 7.11 Å². The smallest absolute Gasteiger partial charge is 0.197 e. The van der Waals surface area contributed by atoms with Crippen LogP contribution in [0.15, 0.2) is 47.6 Å². The molecular formula is C18H14Cl2N4OS. The Morgan fingerprint density at radius 3 is 2.62 bits per heavy atom. The Morgan fingerprint density at radius 1 is 1.15 bits per heavy atom. The lowest BCUT2D eigenvalue weighted by molar-refractivity contribution is 0.412. The number of thioether (sulfide) groups is 1. The molecule has 0 fully saturated rings. The van der Waals surface area contributed by atoms with Crippen LogP contribution in [0.3, 0.4) is 0 Å². The topological polar surface area (TPSA) is 63.7 Å². The van der Waals surface area contributed by atoms with Crippen molar-refractivity contribution in [1.82, 2.24) is 14.8 Å². The van der Waals surface area contributed by atoms with Crippen molar-refractivity contribution in [3.63, 3.8) is 0 Å². The SMILES string of the molecule is COc1ccc(Cl)cc1-n1c(SC(C)C#N)nnc1-c1cccc(Cl)c1. The first-order valence-corrected chi connectivity index (χ1v) is 9.28. The van der Waals surface area contributed by atoms with Crippen LogP contribution in [0.25, 0.3) is 17.1 Å². The van der Waals surface area contributed by atoms with Crippen LogP contribution in [0, 0.1) is 11.3 Å². The lowest BCUT2D eigenvalue weighted by Crippen LogP contribution is -2.04. The number of halogens is 2. The average molecular weight is 405 g/mol. The maximum atomic E-state index is 9.17. The Morgan fingerprint density at radius 2 is 1.92 bits per heavy atom. The van der Waals surface area contributed by atoms with E-state index < -0.39 is 0 Å². The van der Waals surface area contributed by atoms with E-state index in [2.05, 4.69) is 16.3 Å². The first-order valence-electron chi connectivity index (χ1n) is 7.65. The van der Waals surface area contributed by atoms with Crippen molar-refractivity contribution < 1.29 is 4.74 Å². The van der Waals surface area contributed by atoms with Crippen LogP contribution in [-0.4, -0.2) is 27.1 Å². The van der Waals surface area contributed by atoms with E-state index in [1.54, 1.807) is 44.4 Å². The van der Waals surface area contributed by atoms with E-state index in [4.69, 9.17) is 27.9 Å². The summed E-state index contributed by atoms with van der Waals surface area (Å²) in [6.07, 6.45) is 0. The number of benzene rings is 2. The van der Waals surface area contributed by atoms with Crippen LogP contribution in [0.1, 0.15) is 6.92 Å². The van der Waals surface area contributed by atoms with Crippen molar-refractivity contribution in [2.45, 2.75) is 17.3 Å². The van der Waals surface area contributed by atoms with Gasteiger partial charge in [0.05, 0.1) is 24.1 Å². The third kappa shape index (κ3) is 3.80. The minimum atomic E-state index is -0.296. The zero-order valence-corrected chi connectivity index (χ0v) is 16.3. The Balaban J connectivity index is 2.25. The first kappa shape index (κ1) is 18.6. The van der Waals surface area contributed by atoms with Gasteiger partial charge in [-0.25, -0.2) is 0 Å². The van der Waals surface area contributed by atoms with Gasteiger partial charge in [-0.1, -0.05) is 47.1 Å². The molecule has 0 saturated carbocycles. The van der Waals surface area contributed by atoms with Crippen LogP contribution in [-0.2, 0) is 0 Å². The Labute approximate surface area is 165 Å². The number of hydrogen-bond donors (Lipinski definition) is 0. The van der Waals surface area contributed by atoms with E-state index in [-0.39, 0.29) is 5.25 Å². The summed E-state index contributed by atoms with van der Waals surface area (Å²) in [6.45, 7) is 1.80. The highest BCUT2D eigenvalue weighted by Crippen LogP contribution is 2.35. The molecule has 2 aromatic carbocycles. The van der Waals surface area contributed by atoms with Crippen molar-refractivity contribution in [3.05, 3.63) is 52.5 Å². The second kappa shape index (κ2) is 8.00. The summed E-state index contributed by atoms with van der Waals surface area (Å²) in [5.41, 5.74) is 1.48. The third-order valence-corrected chi connectivity index (χ3v) is 4.97. The molecule has 0 spiro atoms. The van der Waals surface area contributed by atoms with E-state index in [0.717, 1.165) is 5.56 Å². The molecule has 5 nitrogen and oxygen atoms in total. The summed E-state index contributed by atoms with van der Waals surface area (Å²) in [5, 5.41) is 19.2. The molecule has 0 saturated heterocycles. The Bertz CT molecular complexity index is 984. The zero-order chi connectivity index (χ0) is 18.7. The summed E-state index contributed by atoms with van der Waals surface area (Å²) in [4.78, 5) is 0. The lowest BCUT2D eigenvalue weighted by atomic mass is 10.2. The fourth-order valence-corrected chi connectivity index (χ4v) is 3.50. The molecule has 1 heterocycles. The van der Waals surface area contributed by atoms with Gasteiger partial charge in [0.1, 0.15) is 5.75 Å². The van der Waals surface area contributed by atoms with Gasteiger partial charge in [-0.2, -0.15) is 5.26 Å². The van der Waals surface area contributed by atoms with Crippen molar-refractivity contribution in [2.24, 2.45) is 0 Å². The number of ether oxygens (including phenoxy) is 1. The van der Waals surface area contributed by atoms with Gasteiger partial charge >= 0.3 is 0 Å². The highest BCUT2D eigenvalue weighted by molar-refractivity contribution is 8.00. The average Bonchev–Trinajstić information content (AvgIpc) is 3.04. The van der Waals surface area contributed by atoms with Gasteiger partial charge in [-0.3, -0.25) is 4.57 Å². The molecule has 3 rings (SSSR count). The van der Waals surface area contributed by atoms with Crippen LogP contribution in [0.2, 0.25) is 10.0 Å². The molecule has 0 aliphatic rings. The van der Waals surface area contributed by atoms with Gasteiger partial charge in [0.15, 0.2) is 11.0 Å². The Hall–Kier alpha value is -2.20. The van der Waals surface area contributed by atoms with Crippen LogP contribution in [0.4, 0.5) is 0 Å². The van der Waals surface area contributed by atoms with E-state index in [9.17, 15) is 5.26 Å². The normalized spacial score (nSPS) is 11.8. The molecule has 8 heteroatoms. The molecule has 0 aliphatic heterocycles. The highest BCUT2D eigenvalue weighted by atomic mass is 35.5. The number of methoxy groups -OCH3 is 1. The van der Waals surface area contributed by atoms with Gasteiger partial charge in [0.25, 0.3) is 0 Å². The molecule has 0 aliphatic carbocycles. The van der Waals surface area contributed by atoms with Crippen LogP contribution < -0.4 is 4.74 Å². The van der Waals surface area contributed by atoms with Crippen molar-refractivity contribution in [1.29, 1.82) is 5.26 Å². The third-order valence-electron chi connectivity index (χ3n) is 3.56. The van der Waals surface area contributed by atoms with E-state index in [0.29, 0.717) is 32.5 Å². The van der Waals surface area contributed by atoms with Crippen LogP contribution in [0.5, 0.6) is 5.75 Å². The second-order valence-corrected chi connectivity index (χ2v) is 7.54. The molecular weight excluding hydrogens is 391 g/mol. The maximum Gasteiger partial charge on any atom is 0.197 e. The van der Waals surface area contributed by atoms with Gasteiger partial charge in [0.2, 0.25) is 0 Å². The highest BCUT2D eigenvalue weighted by Gasteiger charge is 2.21. The number of rotatable bonds is 5. The molecule has 0 radical (unpaired) electrons. The molecule has 26 heavy (non-hydrogen) atoms. The molecule has 0 bridgehead atoms. The number of nitriles is 1. The number of hydrogen-bond acceptors (Lipinski definition) is 5. The van der Waals surface area contributed by atoms with E-state index >= 15 is 0 Å². The predicted molar refractivity (Wildman–Crippen MR) is 104 cm³/mol. The molecule has 1 aromatic heterocycles. The van der Waals surface area contributed by atoms with Gasteiger partial charge in [-0.05, 0) is 37.3 Å². The van der Waals surface area contributed by atoms with Gasteiger partial charge < -0.3 is 4.74 Å². The summed E-state index contributed by atoms with van der Waals surface area (Å²) in [5.74, 6) is 1.20. The van der Waals surface area contributed by atoms with Crippen molar-refractivity contribution in [3.8, 4) is 28.9 Å². The standard InChI is InChI=1S/C18H14Cl2N4OS/c1-11(10-21)26-18-23-22-17(12-4-3-5-13(19)8-12)24(18)15-9-14(20)6-7-16(15)25-2/h3-9,11H,1-2H3. The first-order chi connectivity index (χ1) is 12.5. The fraction of sp³-hybridized carbons (Fsp3) is 0.167. The minimum absolute atomic E-state index is 0.296. The minimum Gasteiger partial charge on any atom is -0.495 e. The summed E-state index contributed by atoms with van der Waals surface area (Å²) < 4.78 is 7.32. The lowest BCUT2D eigenvalue weighted by Gasteiger charge is -2.15. The predicted octanol–water partition coefficient (Wildman–Crippen LogP) is 5.25. The summed E-state index contributed by atoms with van der Waals surface area (Å²) >= 11 is 13.7. The number of nitrogens with zero attached hydrogens (tertiary/aromatic N) is 4. The summed E-state index contributed by atoms with van der Waals surface area (Å²) in [6, 6.07) is 14.8. The molecule has 1 unspecified atom stereocenters. The molecule has 1 atom stereocenters. The molecule has 0 N–H and O–H groups in total. The van der Waals surface area contributed by atoms with Gasteiger partial charge in [0, 0.05) is 15.6 Å². The monoisotopic (exact) mass is 404 g/mol. The second-order valence-electron chi connectivity index (χ2n) is 5.36. The number of aromatic nitrogens is 3. The van der Waals surface area contributed by atoms with E-state index in [1.807, 2.05) is 16.7 Å². The van der Waals surface area contributed by atoms with Crippen molar-refractivity contribution >= 4 is 35.0 Å². The summed E-state index contributed by atoms with van der Waals surface area (Å²) in [7, 11) is 1.58. The largest absolute Gasteiger partial charge is 0.495 e. The molecule has 3 aromatic rings. The van der Waals surface area contributed by atoms with Crippen LogP contribution >= 0.6 is 35.0 Å².